The van der Waals surface area contributed by atoms with E-state index >= 15 is 0 Å². The molecule has 3 unspecified atom stereocenters. The van der Waals surface area contributed by atoms with E-state index in [4.69, 9.17) is 16.6 Å². The number of carboxylic acids is 1. The van der Waals surface area contributed by atoms with Gasteiger partial charge in [0.15, 0.2) is 0 Å². The molecular weight excluding hydrogens is 350 g/mol. The second-order valence-electron chi connectivity index (χ2n) is 5.87. The van der Waals surface area contributed by atoms with Crippen LogP contribution in [0.3, 0.4) is 0 Å². The first kappa shape index (κ1) is 23.3. The highest BCUT2D eigenvalue weighted by molar-refractivity contribution is 5.93. The average molecular weight is 375 g/mol. The van der Waals surface area contributed by atoms with Crippen molar-refractivity contribution in [3.63, 3.8) is 0 Å². The lowest BCUT2D eigenvalue weighted by atomic mass is 10.0. The molecule has 0 saturated carbocycles. The van der Waals surface area contributed by atoms with Crippen molar-refractivity contribution in [1.82, 2.24) is 16.0 Å². The van der Waals surface area contributed by atoms with Crippen molar-refractivity contribution in [1.29, 1.82) is 0 Å². The number of amides is 4. The molecule has 0 aliphatic rings. The van der Waals surface area contributed by atoms with E-state index in [1.807, 2.05) is 0 Å². The van der Waals surface area contributed by atoms with Gasteiger partial charge < -0.3 is 37.6 Å². The molecule has 0 aromatic carbocycles. The van der Waals surface area contributed by atoms with E-state index in [1.165, 1.54) is 0 Å². The molecule has 0 radical (unpaired) electrons. The van der Waals surface area contributed by atoms with Gasteiger partial charge in [0.05, 0.1) is 25.6 Å². The third-order valence-corrected chi connectivity index (χ3v) is 3.25. The lowest BCUT2D eigenvalue weighted by Crippen LogP contribution is -2.56. The molecule has 3 atom stereocenters. The van der Waals surface area contributed by atoms with Gasteiger partial charge in [0, 0.05) is 0 Å². The summed E-state index contributed by atoms with van der Waals surface area (Å²) in [5, 5.41) is 24.7. The minimum atomic E-state index is -1.40. The largest absolute Gasteiger partial charge is 0.480 e. The molecule has 0 fully saturated rings. The van der Waals surface area contributed by atoms with Gasteiger partial charge in [-0.25, -0.2) is 4.79 Å². The van der Waals surface area contributed by atoms with E-state index in [2.05, 4.69) is 16.0 Å². The van der Waals surface area contributed by atoms with Gasteiger partial charge in [-0.2, -0.15) is 0 Å². The van der Waals surface area contributed by atoms with Crippen LogP contribution in [0.15, 0.2) is 0 Å². The third-order valence-electron chi connectivity index (χ3n) is 3.25. The van der Waals surface area contributed by atoms with Crippen molar-refractivity contribution in [2.24, 2.45) is 17.4 Å². The van der Waals surface area contributed by atoms with Crippen molar-refractivity contribution >= 4 is 29.6 Å². The van der Waals surface area contributed by atoms with E-state index < -0.39 is 73.2 Å². The molecule has 0 spiro atoms. The van der Waals surface area contributed by atoms with E-state index in [1.54, 1.807) is 13.8 Å². The molecule has 0 rings (SSSR count). The Bertz CT molecular complexity index is 552. The first-order chi connectivity index (χ1) is 12.0. The maximum Gasteiger partial charge on any atom is 0.326 e. The summed E-state index contributed by atoms with van der Waals surface area (Å²) in [5.41, 5.74) is 10.3. The fourth-order valence-electron chi connectivity index (χ4n) is 1.81. The Morgan fingerprint density at radius 2 is 1.62 bits per heavy atom. The van der Waals surface area contributed by atoms with Crippen LogP contribution < -0.4 is 27.4 Å². The molecule has 0 aliphatic carbocycles. The Morgan fingerprint density at radius 3 is 2.04 bits per heavy atom. The van der Waals surface area contributed by atoms with Crippen LogP contribution in [-0.4, -0.2) is 71.1 Å². The molecule has 0 saturated heterocycles. The van der Waals surface area contributed by atoms with Gasteiger partial charge in [0.25, 0.3) is 0 Å². The van der Waals surface area contributed by atoms with Crippen LogP contribution in [0.2, 0.25) is 0 Å². The van der Waals surface area contributed by atoms with Gasteiger partial charge in [-0.3, -0.25) is 19.2 Å². The quantitative estimate of drug-likeness (QED) is 0.188. The normalized spacial score (nSPS) is 14.0. The lowest BCUT2D eigenvalue weighted by molar-refractivity contribution is -0.143. The number of carbonyl (C=O) groups excluding carboxylic acids is 4. The minimum Gasteiger partial charge on any atom is -0.480 e. The molecular formula is C14H25N5O7. The minimum absolute atomic E-state index is 0.402. The van der Waals surface area contributed by atoms with Crippen LogP contribution in [0, 0.1) is 5.92 Å². The summed E-state index contributed by atoms with van der Waals surface area (Å²) in [6.45, 7) is 1.81. The first-order valence-electron chi connectivity index (χ1n) is 7.74. The molecule has 0 bridgehead atoms. The molecule has 12 heteroatoms. The van der Waals surface area contributed by atoms with E-state index in [9.17, 15) is 29.1 Å². The van der Waals surface area contributed by atoms with Gasteiger partial charge in [-0.15, -0.1) is 0 Å². The topological polar surface area (TPSA) is 214 Å². The van der Waals surface area contributed by atoms with Crippen LogP contribution in [0.5, 0.6) is 0 Å². The number of aliphatic hydroxyl groups is 1. The Morgan fingerprint density at radius 1 is 1.04 bits per heavy atom. The van der Waals surface area contributed by atoms with Gasteiger partial charge in [0.2, 0.25) is 23.6 Å². The molecule has 26 heavy (non-hydrogen) atoms. The molecule has 0 aromatic heterocycles. The zero-order valence-corrected chi connectivity index (χ0v) is 14.5. The summed E-state index contributed by atoms with van der Waals surface area (Å²) in [7, 11) is 0. The first-order valence-corrected chi connectivity index (χ1v) is 7.74. The average Bonchev–Trinajstić information content (AvgIpc) is 2.53. The third kappa shape index (κ3) is 8.39. The summed E-state index contributed by atoms with van der Waals surface area (Å²) in [6.07, 6.45) is -0.402. The monoisotopic (exact) mass is 375 g/mol. The van der Waals surface area contributed by atoms with Crippen LogP contribution in [0.4, 0.5) is 0 Å². The standard InChI is InChI=1S/C14H25N5O7/c1-6(2)11(14(25)26)19-13(24)8(5-20)18-10(22)4-17-12(23)7(15)3-9(16)21/h6-8,11,20H,3-5,15H2,1-2H3,(H2,16,21)(H,17,23)(H,18,22)(H,19,24)(H,25,26). The number of aliphatic carboxylic acids is 1. The van der Waals surface area contributed by atoms with Gasteiger partial charge in [-0.1, -0.05) is 13.8 Å². The Labute approximate surface area is 149 Å². The highest BCUT2D eigenvalue weighted by Crippen LogP contribution is 2.02. The molecule has 0 heterocycles. The Kier molecular flexibility index (Phi) is 9.84. The van der Waals surface area contributed by atoms with E-state index in [0.717, 1.165) is 0 Å². The number of nitrogens with one attached hydrogen (secondary N) is 3. The zero-order valence-electron chi connectivity index (χ0n) is 14.5. The van der Waals surface area contributed by atoms with E-state index in [-0.39, 0.29) is 0 Å². The Balaban J connectivity index is 4.59. The smallest absolute Gasteiger partial charge is 0.326 e. The van der Waals surface area contributed by atoms with E-state index in [0.29, 0.717) is 0 Å². The van der Waals surface area contributed by atoms with Crippen molar-refractivity contribution in [2.75, 3.05) is 13.2 Å². The van der Waals surface area contributed by atoms with Gasteiger partial charge >= 0.3 is 5.97 Å². The number of carbonyl (C=O) groups is 5. The van der Waals surface area contributed by atoms with Crippen molar-refractivity contribution in [3.8, 4) is 0 Å². The fraction of sp³-hybridized carbons (Fsp3) is 0.643. The highest BCUT2D eigenvalue weighted by Gasteiger charge is 2.28. The molecule has 4 amide bonds. The number of rotatable bonds is 11. The van der Waals surface area contributed by atoms with Crippen molar-refractivity contribution < 1.29 is 34.2 Å². The van der Waals surface area contributed by atoms with Crippen LogP contribution in [0.1, 0.15) is 20.3 Å². The summed E-state index contributed by atoms with van der Waals surface area (Å²) in [4.78, 5) is 57.0. The van der Waals surface area contributed by atoms with Gasteiger partial charge in [-0.05, 0) is 5.92 Å². The van der Waals surface area contributed by atoms with Crippen LogP contribution >= 0.6 is 0 Å². The molecule has 148 valence electrons. The highest BCUT2D eigenvalue weighted by atomic mass is 16.4. The summed E-state index contributed by atoms with van der Waals surface area (Å²) in [5.74, 6) is -4.97. The predicted molar refractivity (Wildman–Crippen MR) is 88.2 cm³/mol. The number of hydrogen-bond acceptors (Lipinski definition) is 7. The lowest BCUT2D eigenvalue weighted by Gasteiger charge is -2.22. The number of primary amides is 1. The van der Waals surface area contributed by atoms with Crippen molar-refractivity contribution in [3.05, 3.63) is 0 Å². The molecule has 12 nitrogen and oxygen atoms in total. The summed E-state index contributed by atoms with van der Waals surface area (Å²) >= 11 is 0. The fourth-order valence-corrected chi connectivity index (χ4v) is 1.81. The SMILES string of the molecule is CC(C)C(NC(=O)C(CO)NC(=O)CNC(=O)C(N)CC(N)=O)C(=O)O. The summed E-state index contributed by atoms with van der Waals surface area (Å²) < 4.78 is 0. The number of aliphatic hydroxyl groups excluding tert-OH is 1. The van der Waals surface area contributed by atoms with Crippen molar-refractivity contribution in [2.45, 2.75) is 38.4 Å². The van der Waals surface area contributed by atoms with Gasteiger partial charge in [0.1, 0.15) is 12.1 Å². The van der Waals surface area contributed by atoms with Crippen LogP contribution in [-0.2, 0) is 24.0 Å². The second-order valence-corrected chi connectivity index (χ2v) is 5.87. The van der Waals surface area contributed by atoms with Crippen LogP contribution in [0.25, 0.3) is 0 Å². The number of nitrogens with two attached hydrogens (primary N) is 2. The maximum atomic E-state index is 12.0. The number of hydrogen-bond donors (Lipinski definition) is 7. The second kappa shape index (κ2) is 11.0. The molecule has 0 aliphatic heterocycles. The maximum absolute atomic E-state index is 12.0. The molecule has 0 aromatic rings. The summed E-state index contributed by atoms with van der Waals surface area (Å²) in [6, 6.07) is -3.82. The zero-order chi connectivity index (χ0) is 20.4. The molecule has 9 N–H and O–H groups in total. The number of carboxylic acid groups (broad SMARTS) is 1. The predicted octanol–water partition coefficient (Wildman–Crippen LogP) is -3.99. The Hall–Kier alpha value is -2.73.